The zero-order chi connectivity index (χ0) is 26.8. The highest BCUT2D eigenvalue weighted by Crippen LogP contribution is 2.28. The first-order valence-corrected chi connectivity index (χ1v) is 13.3. The van der Waals surface area contributed by atoms with E-state index in [9.17, 15) is 9.59 Å². The van der Waals surface area contributed by atoms with Crippen LogP contribution in [0, 0.1) is 13.8 Å². The molecule has 0 bridgehead atoms. The predicted octanol–water partition coefficient (Wildman–Crippen LogP) is 5.90. The quantitative estimate of drug-likeness (QED) is 0.321. The summed E-state index contributed by atoms with van der Waals surface area (Å²) in [5.41, 5.74) is 2.87. The predicted molar refractivity (Wildman–Crippen MR) is 150 cm³/mol. The van der Waals surface area contributed by atoms with Crippen LogP contribution in [0.1, 0.15) is 34.2 Å². The van der Waals surface area contributed by atoms with Crippen LogP contribution in [-0.2, 0) is 17.8 Å². The van der Waals surface area contributed by atoms with Crippen molar-refractivity contribution in [2.75, 3.05) is 39.2 Å². The lowest BCUT2D eigenvalue weighted by Crippen LogP contribution is -2.45. The molecule has 2 aromatic carbocycles. The molecular weight excluding hydrogens is 486 g/mol. The number of rotatable bonds is 12. The molecule has 0 radical (unpaired) electrons. The molecule has 0 atom stereocenters. The number of hydrogen-bond donors (Lipinski definition) is 1. The number of carbonyl (C=O) groups excluding carboxylic acids is 2. The van der Waals surface area contributed by atoms with Gasteiger partial charge in [0.05, 0.1) is 20.8 Å². The van der Waals surface area contributed by atoms with Gasteiger partial charge in [-0.1, -0.05) is 30.7 Å². The van der Waals surface area contributed by atoms with Crippen molar-refractivity contribution in [2.45, 2.75) is 40.2 Å². The van der Waals surface area contributed by atoms with Gasteiger partial charge in [-0.05, 0) is 68.7 Å². The minimum Gasteiger partial charge on any atom is -0.493 e. The van der Waals surface area contributed by atoms with Gasteiger partial charge in [-0.3, -0.25) is 4.79 Å². The molecule has 3 amide bonds. The van der Waals surface area contributed by atoms with Crippen LogP contribution in [0.2, 0.25) is 0 Å². The Morgan fingerprint density at radius 3 is 2.24 bits per heavy atom. The van der Waals surface area contributed by atoms with Crippen LogP contribution in [0.15, 0.2) is 54.6 Å². The molecule has 0 saturated heterocycles. The third kappa shape index (κ3) is 8.25. The largest absolute Gasteiger partial charge is 0.493 e. The molecule has 0 aliphatic rings. The van der Waals surface area contributed by atoms with Gasteiger partial charge >= 0.3 is 6.03 Å². The van der Waals surface area contributed by atoms with Gasteiger partial charge in [0.25, 0.3) is 0 Å². The fourth-order valence-electron chi connectivity index (χ4n) is 3.98. The molecule has 8 heteroatoms. The standard InChI is InChI=1S/C29H37N3O4S/c1-6-16-32(29(34)30-24-11-7-21(2)8-12-24)20-28(33)31(19-25-13-9-22(3)37-25)17-15-23-10-14-26(35-4)27(18-23)36-5/h7-14,18H,6,15-17,19-20H2,1-5H3,(H,30,34). The highest BCUT2D eigenvalue weighted by molar-refractivity contribution is 7.11. The normalized spacial score (nSPS) is 10.6. The van der Waals surface area contributed by atoms with Crippen molar-refractivity contribution in [3.63, 3.8) is 0 Å². The van der Waals surface area contributed by atoms with E-state index < -0.39 is 0 Å². The number of nitrogens with one attached hydrogen (secondary N) is 1. The summed E-state index contributed by atoms with van der Waals surface area (Å²) in [6, 6.07) is 17.3. The Morgan fingerprint density at radius 2 is 1.62 bits per heavy atom. The second-order valence-electron chi connectivity index (χ2n) is 8.98. The molecule has 1 heterocycles. The number of benzene rings is 2. The van der Waals surface area contributed by atoms with Gasteiger partial charge in [0, 0.05) is 28.5 Å². The Bertz CT molecular complexity index is 1180. The lowest BCUT2D eigenvalue weighted by Gasteiger charge is -2.27. The molecule has 0 fully saturated rings. The highest BCUT2D eigenvalue weighted by Gasteiger charge is 2.22. The zero-order valence-corrected chi connectivity index (χ0v) is 23.2. The number of aryl methyl sites for hydroxylation is 2. The lowest BCUT2D eigenvalue weighted by molar-refractivity contribution is -0.132. The lowest BCUT2D eigenvalue weighted by atomic mass is 10.1. The molecule has 7 nitrogen and oxygen atoms in total. The molecule has 3 aromatic rings. The van der Waals surface area contributed by atoms with Gasteiger partial charge in [0.2, 0.25) is 5.91 Å². The van der Waals surface area contributed by atoms with E-state index in [0.717, 1.165) is 22.4 Å². The zero-order valence-electron chi connectivity index (χ0n) is 22.4. The molecule has 0 spiro atoms. The molecule has 0 unspecified atom stereocenters. The van der Waals surface area contributed by atoms with E-state index >= 15 is 0 Å². The van der Waals surface area contributed by atoms with Crippen molar-refractivity contribution in [3.05, 3.63) is 75.5 Å². The summed E-state index contributed by atoms with van der Waals surface area (Å²) in [7, 11) is 3.22. The summed E-state index contributed by atoms with van der Waals surface area (Å²) < 4.78 is 10.8. The summed E-state index contributed by atoms with van der Waals surface area (Å²) in [6.07, 6.45) is 1.41. The van der Waals surface area contributed by atoms with E-state index in [0.29, 0.717) is 43.2 Å². The summed E-state index contributed by atoms with van der Waals surface area (Å²) in [5.74, 6) is 1.25. The number of methoxy groups -OCH3 is 2. The summed E-state index contributed by atoms with van der Waals surface area (Å²) in [4.78, 5) is 32.3. The fraction of sp³-hybridized carbons (Fsp3) is 0.379. The first kappa shape index (κ1) is 28.1. The van der Waals surface area contributed by atoms with Gasteiger partial charge in [-0.15, -0.1) is 11.3 Å². The second kappa shape index (κ2) is 13.7. The van der Waals surface area contributed by atoms with Crippen molar-refractivity contribution in [1.82, 2.24) is 9.80 Å². The van der Waals surface area contributed by atoms with Crippen LogP contribution in [0.3, 0.4) is 0 Å². The minimum absolute atomic E-state index is 0.0157. The SMILES string of the molecule is CCCN(CC(=O)N(CCc1ccc(OC)c(OC)c1)Cc1ccc(C)s1)C(=O)Nc1ccc(C)cc1. The van der Waals surface area contributed by atoms with Crippen LogP contribution in [-0.4, -0.2) is 55.6 Å². The summed E-state index contributed by atoms with van der Waals surface area (Å²) in [6.45, 7) is 7.59. The Balaban J connectivity index is 1.73. The van der Waals surface area contributed by atoms with Crippen LogP contribution in [0.25, 0.3) is 0 Å². The first-order chi connectivity index (χ1) is 17.8. The second-order valence-corrected chi connectivity index (χ2v) is 10.4. The summed E-state index contributed by atoms with van der Waals surface area (Å²) in [5, 5.41) is 2.93. The van der Waals surface area contributed by atoms with Crippen molar-refractivity contribution >= 4 is 29.0 Å². The van der Waals surface area contributed by atoms with E-state index in [4.69, 9.17) is 9.47 Å². The average molecular weight is 524 g/mol. The number of nitrogens with zero attached hydrogens (tertiary/aromatic N) is 2. The molecule has 1 aromatic heterocycles. The molecule has 3 rings (SSSR count). The number of anilines is 1. The van der Waals surface area contributed by atoms with Crippen molar-refractivity contribution in [1.29, 1.82) is 0 Å². The first-order valence-electron chi connectivity index (χ1n) is 12.5. The topological polar surface area (TPSA) is 71.1 Å². The van der Waals surface area contributed by atoms with E-state index in [1.165, 1.54) is 4.88 Å². The van der Waals surface area contributed by atoms with Gasteiger partial charge in [0.1, 0.15) is 6.54 Å². The van der Waals surface area contributed by atoms with Crippen molar-refractivity contribution < 1.29 is 19.1 Å². The number of carbonyl (C=O) groups is 2. The van der Waals surface area contributed by atoms with Gasteiger partial charge in [-0.2, -0.15) is 0 Å². The Morgan fingerprint density at radius 1 is 0.892 bits per heavy atom. The van der Waals surface area contributed by atoms with Gasteiger partial charge in [-0.25, -0.2) is 4.79 Å². The van der Waals surface area contributed by atoms with Crippen molar-refractivity contribution in [2.24, 2.45) is 0 Å². The van der Waals surface area contributed by atoms with E-state index in [2.05, 4.69) is 24.4 Å². The van der Waals surface area contributed by atoms with E-state index in [1.54, 1.807) is 30.5 Å². The molecular formula is C29H37N3O4S. The van der Waals surface area contributed by atoms with Crippen LogP contribution in [0.4, 0.5) is 10.5 Å². The number of urea groups is 1. The molecule has 0 aliphatic carbocycles. The maximum Gasteiger partial charge on any atom is 0.322 e. The number of thiophene rings is 1. The maximum atomic E-state index is 13.6. The Kier molecular flexibility index (Phi) is 10.4. The average Bonchev–Trinajstić information content (AvgIpc) is 3.31. The number of amides is 3. The van der Waals surface area contributed by atoms with Crippen molar-refractivity contribution in [3.8, 4) is 11.5 Å². The monoisotopic (exact) mass is 523 g/mol. The number of ether oxygens (including phenoxy) is 2. The maximum absolute atomic E-state index is 13.6. The summed E-state index contributed by atoms with van der Waals surface area (Å²) >= 11 is 1.68. The molecule has 1 N–H and O–H groups in total. The third-order valence-corrected chi connectivity index (χ3v) is 7.01. The van der Waals surface area contributed by atoms with Crippen LogP contribution < -0.4 is 14.8 Å². The highest BCUT2D eigenvalue weighted by atomic mass is 32.1. The van der Waals surface area contributed by atoms with Gasteiger partial charge in [0.15, 0.2) is 11.5 Å². The molecule has 37 heavy (non-hydrogen) atoms. The fourth-order valence-corrected chi connectivity index (χ4v) is 4.88. The third-order valence-electron chi connectivity index (χ3n) is 6.02. The Labute approximate surface area is 224 Å². The van der Waals surface area contributed by atoms with Crippen LogP contribution in [0.5, 0.6) is 11.5 Å². The number of hydrogen-bond acceptors (Lipinski definition) is 5. The van der Waals surface area contributed by atoms with Crippen LogP contribution >= 0.6 is 11.3 Å². The van der Waals surface area contributed by atoms with E-state index in [1.807, 2.05) is 61.2 Å². The van der Waals surface area contributed by atoms with Gasteiger partial charge < -0.3 is 24.6 Å². The molecule has 0 aliphatic heterocycles. The van der Waals surface area contributed by atoms with E-state index in [-0.39, 0.29) is 18.5 Å². The Hall–Kier alpha value is -3.52. The smallest absolute Gasteiger partial charge is 0.322 e. The molecule has 0 saturated carbocycles. The minimum atomic E-state index is -0.272. The molecule has 198 valence electrons.